The van der Waals surface area contributed by atoms with Gasteiger partial charge in [-0.3, -0.25) is 24.1 Å². The minimum atomic E-state index is -0.551. The molecule has 0 saturated carbocycles. The van der Waals surface area contributed by atoms with Crippen LogP contribution in [-0.2, 0) is 25.5 Å². The Labute approximate surface area is 197 Å². The third-order valence-corrected chi connectivity index (χ3v) is 6.28. The summed E-state index contributed by atoms with van der Waals surface area (Å²) < 4.78 is 15.7. The van der Waals surface area contributed by atoms with Crippen LogP contribution in [0, 0.1) is 0 Å². The highest BCUT2D eigenvalue weighted by molar-refractivity contribution is 6.19. The summed E-state index contributed by atoms with van der Waals surface area (Å²) in [6.07, 6.45) is 0.944. The summed E-state index contributed by atoms with van der Waals surface area (Å²) in [7, 11) is 4.40. The largest absolute Gasteiger partial charge is 0.493 e. The molecule has 0 aliphatic carbocycles. The average molecular weight is 466 g/mol. The van der Waals surface area contributed by atoms with Gasteiger partial charge in [0, 0.05) is 24.9 Å². The van der Waals surface area contributed by atoms with E-state index in [9.17, 15) is 19.2 Å². The molecule has 34 heavy (non-hydrogen) atoms. The summed E-state index contributed by atoms with van der Waals surface area (Å²) in [5, 5.41) is 0. The topological polar surface area (TPSA) is 102 Å². The van der Waals surface area contributed by atoms with Crippen LogP contribution in [0.15, 0.2) is 36.4 Å². The second kappa shape index (κ2) is 9.54. The molecule has 2 aliphatic heterocycles. The Morgan fingerprint density at radius 1 is 0.912 bits per heavy atom. The van der Waals surface area contributed by atoms with Gasteiger partial charge in [-0.2, -0.15) is 0 Å². The second-order valence-corrected chi connectivity index (χ2v) is 8.12. The fraction of sp³-hybridized carbons (Fsp3) is 0.360. The van der Waals surface area contributed by atoms with E-state index < -0.39 is 12.0 Å². The molecule has 178 valence electrons. The number of rotatable bonds is 6. The molecule has 9 nitrogen and oxygen atoms in total. The molecular formula is C25H26N2O7. The van der Waals surface area contributed by atoms with Gasteiger partial charge in [0.2, 0.25) is 11.8 Å². The maximum atomic E-state index is 13.5. The number of amides is 3. The molecule has 0 N–H and O–H groups in total. The van der Waals surface area contributed by atoms with Gasteiger partial charge in [0.05, 0.1) is 39.5 Å². The monoisotopic (exact) mass is 466 g/mol. The third-order valence-electron chi connectivity index (χ3n) is 6.28. The van der Waals surface area contributed by atoms with Crippen LogP contribution in [0.3, 0.4) is 0 Å². The van der Waals surface area contributed by atoms with Gasteiger partial charge in [-0.1, -0.05) is 0 Å². The van der Waals surface area contributed by atoms with Crippen LogP contribution >= 0.6 is 0 Å². The number of carbonyl (C=O) groups is 4. The van der Waals surface area contributed by atoms with E-state index in [2.05, 4.69) is 0 Å². The smallest absolute Gasteiger partial charge is 0.307 e. The highest BCUT2D eigenvalue weighted by Gasteiger charge is 2.35. The van der Waals surface area contributed by atoms with Crippen LogP contribution < -0.4 is 14.4 Å². The lowest BCUT2D eigenvalue weighted by molar-refractivity contribution is -0.142. The highest BCUT2D eigenvalue weighted by atomic mass is 16.5. The number of esters is 1. The van der Waals surface area contributed by atoms with E-state index in [1.165, 1.54) is 14.2 Å². The van der Waals surface area contributed by atoms with Crippen LogP contribution in [0.4, 0.5) is 5.69 Å². The van der Waals surface area contributed by atoms with E-state index in [-0.39, 0.29) is 37.0 Å². The zero-order valence-corrected chi connectivity index (χ0v) is 19.3. The van der Waals surface area contributed by atoms with Gasteiger partial charge in [0.15, 0.2) is 11.5 Å². The number of methoxy groups -OCH3 is 3. The molecule has 1 unspecified atom stereocenters. The summed E-state index contributed by atoms with van der Waals surface area (Å²) in [5.41, 5.74) is 2.60. The van der Waals surface area contributed by atoms with Crippen molar-refractivity contribution in [2.45, 2.75) is 31.7 Å². The number of fused-ring (bicyclic) bond motifs is 1. The second-order valence-electron chi connectivity index (χ2n) is 8.12. The van der Waals surface area contributed by atoms with Crippen molar-refractivity contribution in [3.05, 3.63) is 53.1 Å². The van der Waals surface area contributed by atoms with E-state index in [0.29, 0.717) is 35.7 Å². The van der Waals surface area contributed by atoms with E-state index in [0.717, 1.165) is 16.0 Å². The summed E-state index contributed by atoms with van der Waals surface area (Å²) >= 11 is 0. The first-order valence-electron chi connectivity index (χ1n) is 11.0. The normalized spacial score (nSPS) is 17.4. The third kappa shape index (κ3) is 4.21. The van der Waals surface area contributed by atoms with Crippen molar-refractivity contribution in [3.8, 4) is 11.5 Å². The number of imide groups is 1. The zero-order chi connectivity index (χ0) is 24.4. The molecule has 1 atom stereocenters. The average Bonchev–Trinajstić information content (AvgIpc) is 3.20. The summed E-state index contributed by atoms with van der Waals surface area (Å²) in [6, 6.07) is 9.50. The standard InChI is InChI=1S/C25H26N2O7/c1-32-20-12-16-10-11-26(19(14-24(30)34-3)18(16)13-21(20)33-2)25(31)15-4-6-17(7-5-15)27-22(28)8-9-23(27)29/h4-7,12-13,19H,8-11,14H2,1-3H3. The lowest BCUT2D eigenvalue weighted by Crippen LogP contribution is -2.41. The molecule has 1 saturated heterocycles. The SMILES string of the molecule is COC(=O)CC1c2cc(OC)c(OC)cc2CCN1C(=O)c1ccc(N2C(=O)CCC2=O)cc1. The fourth-order valence-corrected chi connectivity index (χ4v) is 4.52. The van der Waals surface area contributed by atoms with Crippen molar-refractivity contribution in [3.63, 3.8) is 0 Å². The zero-order valence-electron chi connectivity index (χ0n) is 19.3. The number of benzene rings is 2. The van der Waals surface area contributed by atoms with E-state index in [4.69, 9.17) is 14.2 Å². The molecule has 2 aromatic rings. The molecule has 2 aromatic carbocycles. The van der Waals surface area contributed by atoms with Crippen molar-refractivity contribution in [1.82, 2.24) is 4.90 Å². The first kappa shape index (κ1) is 23.3. The van der Waals surface area contributed by atoms with Gasteiger partial charge in [-0.25, -0.2) is 0 Å². The Morgan fingerprint density at radius 3 is 2.12 bits per heavy atom. The summed E-state index contributed by atoms with van der Waals surface area (Å²) in [6.45, 7) is 0.397. The van der Waals surface area contributed by atoms with Gasteiger partial charge in [-0.15, -0.1) is 0 Å². The first-order chi connectivity index (χ1) is 16.4. The highest BCUT2D eigenvalue weighted by Crippen LogP contribution is 2.40. The quantitative estimate of drug-likeness (QED) is 0.476. The number of hydrogen-bond acceptors (Lipinski definition) is 7. The van der Waals surface area contributed by atoms with Gasteiger partial charge in [-0.05, 0) is 53.9 Å². The Bertz CT molecular complexity index is 1130. The molecule has 0 aromatic heterocycles. The number of nitrogens with zero attached hydrogens (tertiary/aromatic N) is 2. The van der Waals surface area contributed by atoms with Gasteiger partial charge in [0.1, 0.15) is 0 Å². The number of anilines is 1. The number of hydrogen-bond donors (Lipinski definition) is 0. The number of ether oxygens (including phenoxy) is 3. The maximum Gasteiger partial charge on any atom is 0.307 e. The molecule has 3 amide bonds. The Hall–Kier alpha value is -3.88. The minimum absolute atomic E-state index is 0.0143. The maximum absolute atomic E-state index is 13.5. The predicted molar refractivity (Wildman–Crippen MR) is 122 cm³/mol. The van der Waals surface area contributed by atoms with Crippen molar-refractivity contribution < 1.29 is 33.4 Å². The number of carbonyl (C=O) groups excluding carboxylic acids is 4. The molecule has 0 spiro atoms. The van der Waals surface area contributed by atoms with Crippen molar-refractivity contribution in [2.24, 2.45) is 0 Å². The van der Waals surface area contributed by atoms with Crippen molar-refractivity contribution in [2.75, 3.05) is 32.8 Å². The lowest BCUT2D eigenvalue weighted by atomic mass is 9.89. The van der Waals surface area contributed by atoms with E-state index in [1.807, 2.05) is 6.07 Å². The van der Waals surface area contributed by atoms with Crippen LogP contribution in [-0.4, -0.2) is 56.5 Å². The molecule has 2 heterocycles. The van der Waals surface area contributed by atoms with E-state index in [1.54, 1.807) is 42.3 Å². The lowest BCUT2D eigenvalue weighted by Gasteiger charge is -2.37. The van der Waals surface area contributed by atoms with Crippen molar-refractivity contribution in [1.29, 1.82) is 0 Å². The molecular weight excluding hydrogens is 440 g/mol. The molecule has 4 rings (SSSR count). The summed E-state index contributed by atoms with van der Waals surface area (Å²) in [5.74, 6) is -0.112. The van der Waals surface area contributed by atoms with Crippen molar-refractivity contribution >= 4 is 29.4 Å². The Balaban J connectivity index is 1.66. The van der Waals surface area contributed by atoms with Crippen LogP contribution in [0.5, 0.6) is 11.5 Å². The molecule has 1 fully saturated rings. The molecule has 2 aliphatic rings. The Kier molecular flexibility index (Phi) is 6.54. The molecule has 9 heteroatoms. The van der Waals surface area contributed by atoms with Crippen LogP contribution in [0.1, 0.15) is 46.8 Å². The van der Waals surface area contributed by atoms with Gasteiger partial charge in [0.25, 0.3) is 5.91 Å². The predicted octanol–water partition coefficient (Wildman–Crippen LogP) is 2.66. The Morgan fingerprint density at radius 2 is 1.53 bits per heavy atom. The van der Waals surface area contributed by atoms with Gasteiger partial charge >= 0.3 is 5.97 Å². The summed E-state index contributed by atoms with van der Waals surface area (Å²) in [4.78, 5) is 52.5. The molecule has 0 bridgehead atoms. The van der Waals surface area contributed by atoms with Crippen LogP contribution in [0.2, 0.25) is 0 Å². The fourth-order valence-electron chi connectivity index (χ4n) is 4.52. The first-order valence-corrected chi connectivity index (χ1v) is 11.0. The van der Waals surface area contributed by atoms with Gasteiger partial charge < -0.3 is 19.1 Å². The minimum Gasteiger partial charge on any atom is -0.493 e. The molecule has 0 radical (unpaired) electrons. The van der Waals surface area contributed by atoms with Crippen LogP contribution in [0.25, 0.3) is 0 Å². The van der Waals surface area contributed by atoms with E-state index >= 15 is 0 Å².